The van der Waals surface area contributed by atoms with E-state index in [2.05, 4.69) is 18.7 Å². The minimum Gasteiger partial charge on any atom is -0.508 e. The summed E-state index contributed by atoms with van der Waals surface area (Å²) in [6, 6.07) is 7.91. The highest BCUT2D eigenvalue weighted by molar-refractivity contribution is 6.24. The van der Waals surface area contributed by atoms with Gasteiger partial charge >= 0.3 is 0 Å². The number of nitrogens with two attached hydrogens (primary N) is 1. The summed E-state index contributed by atoms with van der Waals surface area (Å²) in [4.78, 5) is 43.4. The number of ether oxygens (including phenoxy) is 1. The number of nitrogens with zero attached hydrogens (tertiary/aromatic N) is 2. The van der Waals surface area contributed by atoms with Crippen molar-refractivity contribution < 1.29 is 39.5 Å². The van der Waals surface area contributed by atoms with Gasteiger partial charge in [-0.3, -0.25) is 24.2 Å². The first-order valence-electron chi connectivity index (χ1n) is 14.7. The number of ketones is 2. The van der Waals surface area contributed by atoms with Crippen molar-refractivity contribution in [2.45, 2.75) is 44.9 Å². The number of primary amides is 1. The van der Waals surface area contributed by atoms with Gasteiger partial charge in [-0.1, -0.05) is 26.0 Å². The fourth-order valence-electron chi connectivity index (χ4n) is 7.27. The highest BCUT2D eigenvalue weighted by Gasteiger charge is 2.64. The molecule has 0 aliphatic heterocycles. The molecular weight excluding hydrogens is 566 g/mol. The number of methoxy groups -OCH3 is 1. The van der Waals surface area contributed by atoms with Crippen LogP contribution in [0.3, 0.4) is 0 Å². The van der Waals surface area contributed by atoms with Crippen LogP contribution in [0.25, 0.3) is 16.9 Å². The third-order valence-corrected chi connectivity index (χ3v) is 9.46. The molecule has 1 saturated carbocycles. The number of likely N-dealkylation sites (N-methyl/N-ethyl adjacent to an activating group) is 1. The topological polar surface area (TPSA) is 174 Å². The van der Waals surface area contributed by atoms with Gasteiger partial charge in [0.2, 0.25) is 5.78 Å². The van der Waals surface area contributed by atoms with E-state index in [0.29, 0.717) is 23.4 Å². The summed E-state index contributed by atoms with van der Waals surface area (Å²) in [5.74, 6) is -6.24. The minimum atomic E-state index is -2.68. The molecule has 0 bridgehead atoms. The Labute approximate surface area is 255 Å². The molecule has 3 aliphatic carbocycles. The summed E-state index contributed by atoms with van der Waals surface area (Å²) in [7, 11) is 4.70. The highest BCUT2D eigenvalue weighted by Crippen LogP contribution is 2.54. The molecule has 1 amide bonds. The number of carbonyl (C=O) groups excluding carboxylic acids is 3. The lowest BCUT2D eigenvalue weighted by Gasteiger charge is -2.50. The molecule has 6 N–H and O–H groups in total. The van der Waals surface area contributed by atoms with Gasteiger partial charge in [0.1, 0.15) is 28.6 Å². The highest BCUT2D eigenvalue weighted by atomic mass is 16.5. The lowest BCUT2D eigenvalue weighted by Crippen LogP contribution is -2.65. The van der Waals surface area contributed by atoms with Gasteiger partial charge in [-0.05, 0) is 80.8 Å². The van der Waals surface area contributed by atoms with Gasteiger partial charge in [0, 0.05) is 23.6 Å². The Bertz CT molecular complexity index is 1620. The third-order valence-electron chi connectivity index (χ3n) is 9.46. The van der Waals surface area contributed by atoms with Crippen molar-refractivity contribution in [1.82, 2.24) is 9.80 Å². The maximum absolute atomic E-state index is 14.1. The summed E-state index contributed by atoms with van der Waals surface area (Å²) >= 11 is 0. The Morgan fingerprint density at radius 3 is 2.34 bits per heavy atom. The summed E-state index contributed by atoms with van der Waals surface area (Å²) < 4.78 is 5.71. The lowest BCUT2D eigenvalue weighted by molar-refractivity contribution is -0.153. The maximum atomic E-state index is 14.1. The Balaban J connectivity index is 1.70. The zero-order chi connectivity index (χ0) is 32.2. The van der Waals surface area contributed by atoms with Crippen LogP contribution in [0, 0.1) is 11.8 Å². The molecule has 4 atom stereocenters. The number of phenols is 1. The number of carbonyl (C=O) groups is 3. The number of aliphatic hydroxyl groups is 3. The number of rotatable bonds is 8. The van der Waals surface area contributed by atoms with Crippen molar-refractivity contribution in [3.63, 3.8) is 0 Å². The van der Waals surface area contributed by atoms with Crippen molar-refractivity contribution in [2.24, 2.45) is 17.6 Å². The molecule has 2 aromatic carbocycles. The smallest absolute Gasteiger partial charge is 0.255 e. The number of amides is 1. The average Bonchev–Trinajstić information content (AvgIpc) is 2.97. The van der Waals surface area contributed by atoms with Gasteiger partial charge in [0.25, 0.3) is 5.91 Å². The van der Waals surface area contributed by atoms with Crippen LogP contribution in [-0.4, -0.2) is 93.6 Å². The van der Waals surface area contributed by atoms with E-state index in [4.69, 9.17) is 10.5 Å². The molecular formula is C33H39N3O8. The molecule has 0 aromatic heterocycles. The molecule has 44 heavy (non-hydrogen) atoms. The monoisotopic (exact) mass is 605 g/mol. The van der Waals surface area contributed by atoms with Crippen LogP contribution < -0.4 is 10.5 Å². The zero-order valence-electron chi connectivity index (χ0n) is 25.5. The first kappa shape index (κ1) is 31.2. The fourth-order valence-corrected chi connectivity index (χ4v) is 7.27. The summed E-state index contributed by atoms with van der Waals surface area (Å²) in [6.07, 6.45) is 0.196. The van der Waals surface area contributed by atoms with Crippen molar-refractivity contribution in [3.05, 3.63) is 63.9 Å². The van der Waals surface area contributed by atoms with Crippen LogP contribution >= 0.6 is 0 Å². The lowest BCUT2D eigenvalue weighted by atomic mass is 9.57. The molecule has 2 aromatic rings. The van der Waals surface area contributed by atoms with Crippen LogP contribution in [0.2, 0.25) is 0 Å². The molecule has 234 valence electrons. The molecule has 0 spiro atoms. The second kappa shape index (κ2) is 11.4. The third kappa shape index (κ3) is 4.58. The van der Waals surface area contributed by atoms with E-state index in [1.54, 1.807) is 27.3 Å². The van der Waals surface area contributed by atoms with Crippen LogP contribution in [0.5, 0.6) is 11.5 Å². The van der Waals surface area contributed by atoms with E-state index >= 15 is 0 Å². The van der Waals surface area contributed by atoms with Gasteiger partial charge in [0.15, 0.2) is 11.4 Å². The van der Waals surface area contributed by atoms with E-state index in [1.807, 2.05) is 18.2 Å². The number of aromatic hydroxyl groups is 1. The van der Waals surface area contributed by atoms with E-state index < -0.39 is 58.0 Å². The van der Waals surface area contributed by atoms with Crippen LogP contribution in [0.4, 0.5) is 0 Å². The second-order valence-electron chi connectivity index (χ2n) is 11.9. The predicted octanol–water partition coefficient (Wildman–Crippen LogP) is 2.48. The minimum absolute atomic E-state index is 0.0139. The van der Waals surface area contributed by atoms with Crippen LogP contribution in [0.1, 0.15) is 37.0 Å². The van der Waals surface area contributed by atoms with Crippen molar-refractivity contribution in [1.29, 1.82) is 0 Å². The largest absolute Gasteiger partial charge is 0.508 e. The predicted molar refractivity (Wildman–Crippen MR) is 163 cm³/mol. The Kier molecular flexibility index (Phi) is 8.08. The van der Waals surface area contributed by atoms with Crippen molar-refractivity contribution >= 4 is 23.2 Å². The van der Waals surface area contributed by atoms with Gasteiger partial charge in [-0.15, -0.1) is 0 Å². The fraction of sp³-hybridized carbons (Fsp3) is 0.424. The van der Waals surface area contributed by atoms with Gasteiger partial charge in [-0.25, -0.2) is 0 Å². The molecule has 11 heteroatoms. The quantitative estimate of drug-likeness (QED) is 0.281. The Morgan fingerprint density at radius 2 is 1.75 bits per heavy atom. The number of benzene rings is 2. The standard InChI is InChI=1S/C33H39N3O8/c1-6-36(7-2)15-16-8-11-23(44-5)19(12-16)18-9-10-22(37)25-20(18)13-17-14-21-27(35(3)4)29(39)26(32(34)42)31(41)33(21,43)30(40)24(17)28(25)38/h8-12,17,21,27,37-38,41,43H,6-7,13-15H2,1-5H3,(H2,34,42)/t17-,21-,27-,33-/m1/s1. The summed E-state index contributed by atoms with van der Waals surface area (Å²) in [6.45, 7) is 6.64. The first-order valence-corrected chi connectivity index (χ1v) is 14.7. The second-order valence-corrected chi connectivity index (χ2v) is 11.9. The van der Waals surface area contributed by atoms with E-state index in [1.165, 1.54) is 11.0 Å². The van der Waals surface area contributed by atoms with E-state index in [-0.39, 0.29) is 29.7 Å². The number of fused-ring (bicyclic) bond motifs is 3. The molecule has 0 heterocycles. The molecule has 0 saturated heterocycles. The SMILES string of the molecule is CCN(CC)Cc1ccc(OC)c(-c2ccc(O)c3c2C[C@@H]2C[C@@H]4[C@@H](N(C)C)C(=O)C(C(N)=O)=C(O)[C@]4(O)C(=O)C2=C3O)c1. The average molecular weight is 606 g/mol. The molecule has 0 unspecified atom stereocenters. The Hall–Kier alpha value is -4.19. The normalized spacial score (nSPS) is 24.9. The van der Waals surface area contributed by atoms with Crippen LogP contribution in [-0.2, 0) is 27.3 Å². The number of hydrogen-bond acceptors (Lipinski definition) is 10. The Morgan fingerprint density at radius 1 is 1.07 bits per heavy atom. The number of hydrogen-bond donors (Lipinski definition) is 5. The molecule has 3 aliphatic rings. The summed E-state index contributed by atoms with van der Waals surface area (Å²) in [5, 5.41) is 45.5. The first-order chi connectivity index (χ1) is 20.8. The van der Waals surface area contributed by atoms with Crippen molar-refractivity contribution in [2.75, 3.05) is 34.3 Å². The number of Topliss-reactive ketones (excluding diaryl/α,β-unsaturated/α-hetero) is 2. The van der Waals surface area contributed by atoms with Gasteiger partial charge in [0.05, 0.1) is 18.7 Å². The molecule has 1 fully saturated rings. The molecule has 5 rings (SSSR count). The maximum Gasteiger partial charge on any atom is 0.255 e. The van der Waals surface area contributed by atoms with Crippen molar-refractivity contribution in [3.8, 4) is 22.6 Å². The van der Waals surface area contributed by atoms with E-state index in [0.717, 1.165) is 24.2 Å². The van der Waals surface area contributed by atoms with E-state index in [9.17, 15) is 34.8 Å². The number of phenolic OH excluding ortho intramolecular Hbond substituents is 1. The molecule has 11 nitrogen and oxygen atoms in total. The zero-order valence-corrected chi connectivity index (χ0v) is 25.5. The summed E-state index contributed by atoms with van der Waals surface area (Å²) in [5.41, 5.74) is 4.79. The van der Waals surface area contributed by atoms with Crippen LogP contribution in [0.15, 0.2) is 47.2 Å². The van der Waals surface area contributed by atoms with Gasteiger partial charge in [-0.2, -0.15) is 0 Å². The number of aliphatic hydroxyl groups excluding tert-OH is 2. The van der Waals surface area contributed by atoms with Gasteiger partial charge < -0.3 is 30.9 Å². The molecule has 0 radical (unpaired) electrons.